The Morgan fingerprint density at radius 3 is 1.17 bits per heavy atom. The predicted molar refractivity (Wildman–Crippen MR) is 154 cm³/mol. The van der Waals surface area contributed by atoms with E-state index < -0.39 is 0 Å². The maximum Gasteiger partial charge on any atom is 0.0802 e. The van der Waals surface area contributed by atoms with Gasteiger partial charge in [-0.2, -0.15) is 0 Å². The van der Waals surface area contributed by atoms with Crippen molar-refractivity contribution in [3.63, 3.8) is 0 Å². The summed E-state index contributed by atoms with van der Waals surface area (Å²) >= 11 is 0. The first-order valence-corrected chi connectivity index (χ1v) is 12.4. The standard InChI is InChI=1S/C33H34B2/c1-22(34)23-7-9-24(10-8-23)27-19-28(25-11-15-30(16-12-25)32(2,3)4)21-29(20-27)26-13-17-31(18-14-26)33(5,6)35/h7-22H,1-6H3. The van der Waals surface area contributed by atoms with E-state index in [0.29, 0.717) is 0 Å². The van der Waals surface area contributed by atoms with E-state index in [9.17, 15) is 0 Å². The highest BCUT2D eigenvalue weighted by Crippen LogP contribution is 2.35. The third-order valence-electron chi connectivity index (χ3n) is 6.75. The first-order chi connectivity index (χ1) is 16.4. The van der Waals surface area contributed by atoms with Gasteiger partial charge in [-0.15, -0.1) is 0 Å². The zero-order valence-electron chi connectivity index (χ0n) is 21.9. The molecule has 172 valence electrons. The maximum atomic E-state index is 6.31. The molecule has 2 heteroatoms. The van der Waals surface area contributed by atoms with Gasteiger partial charge < -0.3 is 0 Å². The van der Waals surface area contributed by atoms with Crippen molar-refractivity contribution in [1.29, 1.82) is 0 Å². The van der Waals surface area contributed by atoms with Crippen LogP contribution in [-0.2, 0) is 10.7 Å². The molecule has 4 radical (unpaired) electrons. The molecule has 0 amide bonds. The third kappa shape index (κ3) is 5.81. The summed E-state index contributed by atoms with van der Waals surface area (Å²) < 4.78 is 0. The van der Waals surface area contributed by atoms with Gasteiger partial charge in [-0.3, -0.25) is 0 Å². The summed E-state index contributed by atoms with van der Waals surface area (Å²) in [5.74, 6) is 0.0255. The Morgan fingerprint density at radius 2 is 0.857 bits per heavy atom. The van der Waals surface area contributed by atoms with Crippen LogP contribution in [-0.4, -0.2) is 15.7 Å². The molecule has 4 aromatic rings. The van der Waals surface area contributed by atoms with Crippen molar-refractivity contribution in [2.75, 3.05) is 0 Å². The Morgan fingerprint density at radius 1 is 0.514 bits per heavy atom. The summed E-state index contributed by atoms with van der Waals surface area (Å²) in [5.41, 5.74) is 10.9. The highest BCUT2D eigenvalue weighted by atomic mass is 14.2. The van der Waals surface area contributed by atoms with Gasteiger partial charge in [0.05, 0.1) is 15.7 Å². The molecule has 0 aliphatic heterocycles. The van der Waals surface area contributed by atoms with Gasteiger partial charge in [-0.05, 0) is 67.9 Å². The van der Waals surface area contributed by atoms with Gasteiger partial charge in [0.1, 0.15) is 0 Å². The van der Waals surface area contributed by atoms with E-state index in [0.717, 1.165) is 11.1 Å². The van der Waals surface area contributed by atoms with Crippen LogP contribution in [0.1, 0.15) is 64.1 Å². The average molecular weight is 452 g/mol. The number of hydrogen-bond donors (Lipinski definition) is 0. The Balaban J connectivity index is 1.82. The van der Waals surface area contributed by atoms with Crippen LogP contribution in [0.3, 0.4) is 0 Å². The second kappa shape index (κ2) is 9.57. The van der Waals surface area contributed by atoms with Gasteiger partial charge in [0.2, 0.25) is 0 Å². The third-order valence-corrected chi connectivity index (χ3v) is 6.75. The first-order valence-electron chi connectivity index (χ1n) is 12.4. The molecule has 0 nitrogen and oxygen atoms in total. The fraction of sp³-hybridized carbons (Fsp3) is 0.273. The number of hydrogen-bond acceptors (Lipinski definition) is 0. The maximum absolute atomic E-state index is 6.31. The van der Waals surface area contributed by atoms with Crippen LogP contribution in [0.5, 0.6) is 0 Å². The molecule has 4 rings (SSSR count). The summed E-state index contributed by atoms with van der Waals surface area (Å²) in [7, 11) is 12.4. The van der Waals surface area contributed by atoms with Crippen LogP contribution < -0.4 is 0 Å². The second-order valence-corrected chi connectivity index (χ2v) is 11.3. The molecule has 35 heavy (non-hydrogen) atoms. The van der Waals surface area contributed by atoms with Gasteiger partial charge in [-0.25, -0.2) is 0 Å². The van der Waals surface area contributed by atoms with Crippen LogP contribution in [0.2, 0.25) is 0 Å². The molecule has 1 unspecified atom stereocenters. The molecule has 0 bridgehead atoms. The fourth-order valence-electron chi connectivity index (χ4n) is 4.36. The lowest BCUT2D eigenvalue weighted by molar-refractivity contribution is 0.590. The largest absolute Gasteiger partial charge is 0.0802 e. The highest BCUT2D eigenvalue weighted by molar-refractivity contribution is 6.15. The minimum absolute atomic E-state index is 0.0255. The summed E-state index contributed by atoms with van der Waals surface area (Å²) in [4.78, 5) is 0. The quantitative estimate of drug-likeness (QED) is 0.266. The van der Waals surface area contributed by atoms with E-state index in [-0.39, 0.29) is 16.5 Å². The van der Waals surface area contributed by atoms with E-state index in [1.807, 2.05) is 20.8 Å². The molecule has 0 saturated heterocycles. The van der Waals surface area contributed by atoms with Crippen LogP contribution in [0.25, 0.3) is 33.4 Å². The Hall–Kier alpha value is -2.99. The van der Waals surface area contributed by atoms with Crippen molar-refractivity contribution >= 4 is 15.7 Å². The summed E-state index contributed by atoms with van der Waals surface area (Å²) in [6, 6.07) is 33.0. The van der Waals surface area contributed by atoms with Crippen molar-refractivity contribution < 1.29 is 0 Å². The molecule has 1 atom stereocenters. The molecule has 4 aromatic carbocycles. The Kier molecular flexibility index (Phi) is 6.87. The number of rotatable bonds is 5. The summed E-state index contributed by atoms with van der Waals surface area (Å²) in [6.45, 7) is 12.8. The molecule has 0 aromatic heterocycles. The van der Waals surface area contributed by atoms with Gasteiger partial charge in [-0.1, -0.05) is 131 Å². The first kappa shape index (κ1) is 25.1. The molecule has 0 aliphatic carbocycles. The molecule has 0 fully saturated rings. The average Bonchev–Trinajstić information content (AvgIpc) is 2.83. The van der Waals surface area contributed by atoms with Crippen LogP contribution in [0.4, 0.5) is 0 Å². The van der Waals surface area contributed by atoms with E-state index >= 15 is 0 Å². The minimum Gasteiger partial charge on any atom is -0.0665 e. The lowest BCUT2D eigenvalue weighted by atomic mass is 9.67. The molecule has 0 heterocycles. The van der Waals surface area contributed by atoms with Crippen LogP contribution in [0.15, 0.2) is 91.0 Å². The van der Waals surface area contributed by atoms with E-state index in [1.54, 1.807) is 0 Å². The topological polar surface area (TPSA) is 0 Å². The normalized spacial score (nSPS) is 13.0. The lowest BCUT2D eigenvalue weighted by Crippen LogP contribution is -2.16. The van der Waals surface area contributed by atoms with Crippen molar-refractivity contribution in [3.8, 4) is 33.4 Å². The zero-order valence-corrected chi connectivity index (χ0v) is 21.9. The van der Waals surface area contributed by atoms with Gasteiger partial charge in [0.25, 0.3) is 0 Å². The molecule has 0 spiro atoms. The Labute approximate surface area is 214 Å². The van der Waals surface area contributed by atoms with Crippen molar-refractivity contribution in [1.82, 2.24) is 0 Å². The lowest BCUT2D eigenvalue weighted by Gasteiger charge is -2.20. The van der Waals surface area contributed by atoms with Crippen molar-refractivity contribution in [3.05, 3.63) is 108 Å². The molecule has 0 N–H and O–H groups in total. The fourth-order valence-corrected chi connectivity index (χ4v) is 4.36. The van der Waals surface area contributed by atoms with Gasteiger partial charge >= 0.3 is 0 Å². The molecular formula is C33H34B2. The predicted octanol–water partition coefficient (Wildman–Crippen LogP) is 8.62. The van der Waals surface area contributed by atoms with Crippen molar-refractivity contribution in [2.45, 2.75) is 58.1 Å². The second-order valence-electron chi connectivity index (χ2n) is 11.3. The SMILES string of the molecule is [B]C(C)c1ccc(-c2cc(-c3ccc(C([B])(C)C)cc3)cc(-c3ccc(C(C)(C)C)cc3)c2)cc1. The smallest absolute Gasteiger partial charge is 0.0665 e. The van der Waals surface area contributed by atoms with E-state index in [2.05, 4.69) is 112 Å². The zero-order chi connectivity index (χ0) is 25.4. The van der Waals surface area contributed by atoms with Gasteiger partial charge in [0.15, 0.2) is 0 Å². The minimum atomic E-state index is -0.359. The molecule has 0 aliphatic rings. The Bertz CT molecular complexity index is 1210. The summed E-state index contributed by atoms with van der Waals surface area (Å²) in [5, 5.41) is -0.359. The molecule has 0 saturated carbocycles. The molecular weight excluding hydrogens is 418 g/mol. The van der Waals surface area contributed by atoms with Gasteiger partial charge in [0, 0.05) is 0 Å². The van der Waals surface area contributed by atoms with Crippen LogP contribution >= 0.6 is 0 Å². The van der Waals surface area contributed by atoms with Crippen molar-refractivity contribution in [2.24, 2.45) is 0 Å². The van der Waals surface area contributed by atoms with Crippen LogP contribution in [0, 0.1) is 0 Å². The number of benzene rings is 4. The van der Waals surface area contributed by atoms with E-state index in [1.165, 1.54) is 38.9 Å². The monoisotopic (exact) mass is 452 g/mol. The highest BCUT2D eigenvalue weighted by Gasteiger charge is 2.15. The van der Waals surface area contributed by atoms with E-state index in [4.69, 9.17) is 15.7 Å². The summed E-state index contributed by atoms with van der Waals surface area (Å²) in [6.07, 6.45) is 0.